The average molecular weight is 332 g/mol. The SMILES string of the molecule is Nc1ccc(-c2c(Cl)cc(Cl)cc2Cl)c(CC(=O)O)n1. The van der Waals surface area contributed by atoms with E-state index in [1.807, 2.05) is 0 Å². The van der Waals surface area contributed by atoms with E-state index in [1.54, 1.807) is 12.1 Å². The van der Waals surface area contributed by atoms with E-state index >= 15 is 0 Å². The fourth-order valence-corrected chi connectivity index (χ4v) is 2.84. The molecule has 0 radical (unpaired) electrons. The Morgan fingerprint density at radius 1 is 1.20 bits per heavy atom. The first-order valence-electron chi connectivity index (χ1n) is 5.50. The van der Waals surface area contributed by atoms with E-state index in [0.717, 1.165) is 0 Å². The summed E-state index contributed by atoms with van der Waals surface area (Å²) >= 11 is 18.1. The van der Waals surface area contributed by atoms with Crippen molar-refractivity contribution in [3.05, 3.63) is 45.0 Å². The number of hydrogen-bond acceptors (Lipinski definition) is 3. The van der Waals surface area contributed by atoms with Gasteiger partial charge >= 0.3 is 5.97 Å². The van der Waals surface area contributed by atoms with Gasteiger partial charge in [0.15, 0.2) is 0 Å². The van der Waals surface area contributed by atoms with Crippen LogP contribution in [0.4, 0.5) is 5.82 Å². The summed E-state index contributed by atoms with van der Waals surface area (Å²) in [6, 6.07) is 6.26. The standard InChI is InChI=1S/C13H9Cl3N2O2/c14-6-3-8(15)13(9(16)4-6)7-1-2-11(17)18-10(7)5-12(19)20/h1-4H,5H2,(H2,17,18)(H,19,20). The first kappa shape index (κ1) is 14.9. The molecule has 0 spiro atoms. The van der Waals surface area contributed by atoms with Crippen molar-refractivity contribution < 1.29 is 9.90 Å². The number of aliphatic carboxylic acids is 1. The van der Waals surface area contributed by atoms with Crippen molar-refractivity contribution in [3.63, 3.8) is 0 Å². The first-order valence-corrected chi connectivity index (χ1v) is 6.64. The third kappa shape index (κ3) is 3.15. The highest BCUT2D eigenvalue weighted by Crippen LogP contribution is 2.38. The second kappa shape index (κ2) is 5.87. The second-order valence-electron chi connectivity index (χ2n) is 4.05. The summed E-state index contributed by atoms with van der Waals surface area (Å²) in [7, 11) is 0. The molecular weight excluding hydrogens is 323 g/mol. The van der Waals surface area contributed by atoms with E-state index in [2.05, 4.69) is 4.98 Å². The Balaban J connectivity index is 2.66. The highest BCUT2D eigenvalue weighted by atomic mass is 35.5. The van der Waals surface area contributed by atoms with Crippen molar-refractivity contribution >= 4 is 46.6 Å². The van der Waals surface area contributed by atoms with Gasteiger partial charge in [-0.05, 0) is 24.3 Å². The van der Waals surface area contributed by atoms with Crippen LogP contribution in [0.2, 0.25) is 15.1 Å². The summed E-state index contributed by atoms with van der Waals surface area (Å²) in [6.45, 7) is 0. The van der Waals surface area contributed by atoms with Crippen molar-refractivity contribution in [1.29, 1.82) is 0 Å². The van der Waals surface area contributed by atoms with Crippen molar-refractivity contribution in [3.8, 4) is 11.1 Å². The summed E-state index contributed by atoms with van der Waals surface area (Å²) in [6.07, 6.45) is -0.282. The van der Waals surface area contributed by atoms with Crippen LogP contribution in [0, 0.1) is 0 Å². The highest BCUT2D eigenvalue weighted by Gasteiger charge is 2.17. The Hall–Kier alpha value is -1.49. The number of aromatic nitrogens is 1. The number of hydrogen-bond donors (Lipinski definition) is 2. The lowest BCUT2D eigenvalue weighted by Crippen LogP contribution is -2.06. The molecule has 1 heterocycles. The molecule has 7 heteroatoms. The summed E-state index contributed by atoms with van der Waals surface area (Å²) in [5.41, 5.74) is 6.89. The van der Waals surface area contributed by atoms with Gasteiger partial charge in [0.25, 0.3) is 0 Å². The van der Waals surface area contributed by atoms with Gasteiger partial charge in [-0.1, -0.05) is 34.8 Å². The maximum Gasteiger partial charge on any atom is 0.309 e. The summed E-state index contributed by atoms with van der Waals surface area (Å²) in [5.74, 6) is -0.795. The Morgan fingerprint density at radius 2 is 1.80 bits per heavy atom. The zero-order valence-electron chi connectivity index (χ0n) is 10.0. The molecule has 20 heavy (non-hydrogen) atoms. The quantitative estimate of drug-likeness (QED) is 0.893. The number of rotatable bonds is 3. The van der Waals surface area contributed by atoms with Crippen molar-refractivity contribution in [2.75, 3.05) is 5.73 Å². The van der Waals surface area contributed by atoms with E-state index in [0.29, 0.717) is 31.9 Å². The molecule has 0 saturated heterocycles. The third-order valence-corrected chi connectivity index (χ3v) is 3.41. The van der Waals surface area contributed by atoms with Crippen LogP contribution in [0.5, 0.6) is 0 Å². The number of nitrogens with two attached hydrogens (primary N) is 1. The van der Waals surface area contributed by atoms with Crippen molar-refractivity contribution in [2.45, 2.75) is 6.42 Å². The molecule has 1 aromatic carbocycles. The zero-order valence-corrected chi connectivity index (χ0v) is 12.3. The van der Waals surface area contributed by atoms with Gasteiger partial charge in [-0.2, -0.15) is 0 Å². The molecule has 0 aliphatic rings. The zero-order chi connectivity index (χ0) is 14.9. The molecule has 0 amide bonds. The molecular formula is C13H9Cl3N2O2. The van der Waals surface area contributed by atoms with Gasteiger partial charge in [0.05, 0.1) is 22.2 Å². The Labute approximate surface area is 130 Å². The van der Waals surface area contributed by atoms with Crippen LogP contribution < -0.4 is 5.73 Å². The minimum Gasteiger partial charge on any atom is -0.481 e. The Morgan fingerprint density at radius 3 is 2.35 bits per heavy atom. The molecule has 0 aliphatic carbocycles. The van der Waals surface area contributed by atoms with Crippen LogP contribution in [0.15, 0.2) is 24.3 Å². The van der Waals surface area contributed by atoms with E-state index in [1.165, 1.54) is 12.1 Å². The topological polar surface area (TPSA) is 76.2 Å². The molecule has 0 unspecified atom stereocenters. The van der Waals surface area contributed by atoms with Gasteiger partial charge in [0.1, 0.15) is 5.82 Å². The number of carbonyl (C=O) groups is 1. The van der Waals surface area contributed by atoms with Gasteiger partial charge in [-0.25, -0.2) is 4.98 Å². The molecule has 0 bridgehead atoms. The molecule has 2 rings (SSSR count). The predicted octanol–water partition coefficient (Wildman–Crippen LogP) is 3.92. The van der Waals surface area contributed by atoms with Crippen LogP contribution in [-0.2, 0) is 11.2 Å². The number of carboxylic acids is 1. The van der Waals surface area contributed by atoms with E-state index in [9.17, 15) is 4.79 Å². The van der Waals surface area contributed by atoms with Crippen LogP contribution in [0.25, 0.3) is 11.1 Å². The number of pyridine rings is 1. The van der Waals surface area contributed by atoms with Crippen LogP contribution in [0.3, 0.4) is 0 Å². The van der Waals surface area contributed by atoms with E-state index in [4.69, 9.17) is 45.6 Å². The molecule has 4 nitrogen and oxygen atoms in total. The average Bonchev–Trinajstić information content (AvgIpc) is 2.29. The number of nitrogens with zero attached hydrogens (tertiary/aromatic N) is 1. The van der Waals surface area contributed by atoms with Gasteiger partial charge in [-0.15, -0.1) is 0 Å². The summed E-state index contributed by atoms with van der Waals surface area (Å²) in [4.78, 5) is 15.0. The highest BCUT2D eigenvalue weighted by molar-refractivity contribution is 6.41. The molecule has 1 aromatic heterocycles. The summed E-state index contributed by atoms with van der Waals surface area (Å²) < 4.78 is 0. The molecule has 104 valence electrons. The van der Waals surface area contributed by atoms with Crippen LogP contribution >= 0.6 is 34.8 Å². The predicted molar refractivity (Wildman–Crippen MR) is 80.5 cm³/mol. The molecule has 0 saturated carbocycles. The number of anilines is 1. The number of nitrogen functional groups attached to an aromatic ring is 1. The van der Waals surface area contributed by atoms with Gasteiger partial charge < -0.3 is 10.8 Å². The van der Waals surface area contributed by atoms with Gasteiger partial charge in [0.2, 0.25) is 0 Å². The molecule has 0 aliphatic heterocycles. The minimum absolute atomic E-state index is 0.228. The van der Waals surface area contributed by atoms with Crippen molar-refractivity contribution in [1.82, 2.24) is 4.98 Å². The van der Waals surface area contributed by atoms with Crippen LogP contribution in [0.1, 0.15) is 5.69 Å². The number of carboxylic acid groups (broad SMARTS) is 1. The Kier molecular flexibility index (Phi) is 4.38. The molecule has 0 atom stereocenters. The fourth-order valence-electron chi connectivity index (χ4n) is 1.82. The lowest BCUT2D eigenvalue weighted by Gasteiger charge is -2.12. The van der Waals surface area contributed by atoms with Gasteiger partial charge in [0, 0.05) is 16.1 Å². The third-order valence-electron chi connectivity index (χ3n) is 2.59. The maximum absolute atomic E-state index is 10.9. The fraction of sp³-hybridized carbons (Fsp3) is 0.0769. The van der Waals surface area contributed by atoms with Gasteiger partial charge in [-0.3, -0.25) is 4.79 Å². The molecule has 0 fully saturated rings. The van der Waals surface area contributed by atoms with Crippen LogP contribution in [-0.4, -0.2) is 16.1 Å². The normalized spacial score (nSPS) is 10.6. The Bertz CT molecular complexity index is 666. The van der Waals surface area contributed by atoms with Crippen molar-refractivity contribution in [2.24, 2.45) is 0 Å². The van der Waals surface area contributed by atoms with E-state index in [-0.39, 0.29) is 12.2 Å². The number of benzene rings is 1. The smallest absolute Gasteiger partial charge is 0.309 e. The minimum atomic E-state index is -1.02. The number of halogens is 3. The monoisotopic (exact) mass is 330 g/mol. The molecule has 2 aromatic rings. The largest absolute Gasteiger partial charge is 0.481 e. The second-order valence-corrected chi connectivity index (χ2v) is 5.30. The van der Waals surface area contributed by atoms with E-state index < -0.39 is 5.97 Å². The first-order chi connectivity index (χ1) is 9.38. The lowest BCUT2D eigenvalue weighted by atomic mass is 10.0. The molecule has 3 N–H and O–H groups in total. The summed E-state index contributed by atoms with van der Waals surface area (Å²) in [5, 5.41) is 9.98. The lowest BCUT2D eigenvalue weighted by molar-refractivity contribution is -0.136. The maximum atomic E-state index is 10.9.